The first-order chi connectivity index (χ1) is 9.55. The quantitative estimate of drug-likeness (QED) is 0.867. The largest absolute Gasteiger partial charge is 0.381 e. The molecule has 1 atom stereocenters. The molecule has 0 saturated carbocycles. The molecule has 5 heteroatoms. The number of nitrogens with zero attached hydrogens (tertiary/aromatic N) is 1. The zero-order valence-electron chi connectivity index (χ0n) is 13.5. The molecule has 4 nitrogen and oxygen atoms in total. The van der Waals surface area contributed by atoms with Gasteiger partial charge in [0.05, 0.1) is 5.41 Å². The van der Waals surface area contributed by atoms with Crippen LogP contribution >= 0.6 is 12.4 Å². The molecule has 2 aliphatic heterocycles. The van der Waals surface area contributed by atoms with Crippen LogP contribution < -0.4 is 5.73 Å². The number of likely N-dealkylation sites (tertiary alicyclic amines) is 1. The van der Waals surface area contributed by atoms with Gasteiger partial charge >= 0.3 is 0 Å². The maximum Gasteiger partial charge on any atom is 0.230 e. The van der Waals surface area contributed by atoms with Gasteiger partial charge in [0.2, 0.25) is 5.91 Å². The van der Waals surface area contributed by atoms with Gasteiger partial charge in [0, 0.05) is 32.8 Å². The van der Waals surface area contributed by atoms with Gasteiger partial charge in [-0.1, -0.05) is 20.3 Å². The van der Waals surface area contributed by atoms with Gasteiger partial charge in [0.15, 0.2) is 0 Å². The Morgan fingerprint density at radius 3 is 2.52 bits per heavy atom. The summed E-state index contributed by atoms with van der Waals surface area (Å²) in [7, 11) is 0. The maximum atomic E-state index is 13.0. The Balaban J connectivity index is 0.00000220. The maximum absolute atomic E-state index is 13.0. The number of amides is 1. The summed E-state index contributed by atoms with van der Waals surface area (Å²) in [4.78, 5) is 15.1. The van der Waals surface area contributed by atoms with Gasteiger partial charge in [0.1, 0.15) is 0 Å². The van der Waals surface area contributed by atoms with Crippen molar-refractivity contribution in [2.75, 3.05) is 32.8 Å². The average Bonchev–Trinajstić information content (AvgIpc) is 2.47. The highest BCUT2D eigenvalue weighted by molar-refractivity contribution is 5.85. The zero-order valence-corrected chi connectivity index (χ0v) is 14.3. The van der Waals surface area contributed by atoms with Gasteiger partial charge in [-0.25, -0.2) is 0 Å². The third-order valence-electron chi connectivity index (χ3n) is 5.22. The first kappa shape index (κ1) is 18.7. The van der Waals surface area contributed by atoms with Crippen molar-refractivity contribution in [3.63, 3.8) is 0 Å². The van der Waals surface area contributed by atoms with Crippen LogP contribution in [-0.4, -0.2) is 43.7 Å². The van der Waals surface area contributed by atoms with Crippen LogP contribution in [0.3, 0.4) is 0 Å². The smallest absolute Gasteiger partial charge is 0.230 e. The summed E-state index contributed by atoms with van der Waals surface area (Å²) in [6, 6.07) is 0. The van der Waals surface area contributed by atoms with E-state index < -0.39 is 0 Å². The molecule has 0 aliphatic carbocycles. The summed E-state index contributed by atoms with van der Waals surface area (Å²) in [6.07, 6.45) is 6.32. The first-order valence-corrected chi connectivity index (χ1v) is 8.12. The summed E-state index contributed by atoms with van der Waals surface area (Å²) in [6.45, 7) is 8.16. The Morgan fingerprint density at radius 1 is 1.29 bits per heavy atom. The predicted molar refractivity (Wildman–Crippen MR) is 87.6 cm³/mol. The molecule has 2 N–H and O–H groups in total. The Bertz CT molecular complexity index is 341. The summed E-state index contributed by atoms with van der Waals surface area (Å²) in [5.41, 5.74) is 5.91. The summed E-state index contributed by atoms with van der Waals surface area (Å²) in [5.74, 6) is 0.283. The SMILES string of the molecule is CCCC1(C)CCCN(C(=O)C2(CN)CCOCC2)C1.Cl. The second kappa shape index (κ2) is 7.80. The Hall–Kier alpha value is -0.320. The number of halogens is 1. The second-order valence-electron chi connectivity index (χ2n) is 6.99. The molecule has 0 aromatic carbocycles. The Kier molecular flexibility index (Phi) is 6.95. The average molecular weight is 319 g/mol. The standard InChI is InChI=1S/C16H30N2O2.ClH/c1-3-5-15(2)6-4-9-18(13-15)14(19)16(12-17)7-10-20-11-8-16;/h3-13,17H2,1-2H3;1H. The third-order valence-corrected chi connectivity index (χ3v) is 5.22. The molecule has 0 bridgehead atoms. The second-order valence-corrected chi connectivity index (χ2v) is 6.99. The number of carbonyl (C=O) groups is 1. The number of rotatable bonds is 4. The summed E-state index contributed by atoms with van der Waals surface area (Å²) < 4.78 is 5.42. The molecule has 2 saturated heterocycles. The molecule has 124 valence electrons. The van der Waals surface area contributed by atoms with Gasteiger partial charge in [-0.15, -0.1) is 12.4 Å². The molecular weight excluding hydrogens is 288 g/mol. The fraction of sp³-hybridized carbons (Fsp3) is 0.938. The topological polar surface area (TPSA) is 55.6 Å². The van der Waals surface area contributed by atoms with Gasteiger partial charge in [0.25, 0.3) is 0 Å². The van der Waals surface area contributed by atoms with Crippen molar-refractivity contribution in [1.82, 2.24) is 4.90 Å². The number of ether oxygens (including phenoxy) is 1. The van der Waals surface area contributed by atoms with Crippen LogP contribution in [0.25, 0.3) is 0 Å². The predicted octanol–water partition coefficient (Wildman–Crippen LogP) is 2.59. The highest BCUT2D eigenvalue weighted by Crippen LogP contribution is 2.38. The van der Waals surface area contributed by atoms with Crippen LogP contribution in [0.15, 0.2) is 0 Å². The lowest BCUT2D eigenvalue weighted by Gasteiger charge is -2.45. The third kappa shape index (κ3) is 4.11. The normalized spacial score (nSPS) is 28.8. The fourth-order valence-electron chi connectivity index (χ4n) is 3.90. The Morgan fingerprint density at radius 2 is 1.95 bits per heavy atom. The number of hydrogen-bond donors (Lipinski definition) is 1. The molecule has 0 radical (unpaired) electrons. The molecule has 0 aromatic rings. The molecular formula is C16H31ClN2O2. The summed E-state index contributed by atoms with van der Waals surface area (Å²) >= 11 is 0. The number of nitrogens with two attached hydrogens (primary N) is 1. The lowest BCUT2D eigenvalue weighted by Crippen LogP contribution is -2.54. The monoisotopic (exact) mass is 318 g/mol. The van der Waals surface area contributed by atoms with Crippen LogP contribution in [0.1, 0.15) is 52.4 Å². The van der Waals surface area contributed by atoms with Crippen LogP contribution in [0.5, 0.6) is 0 Å². The van der Waals surface area contributed by atoms with Gasteiger partial charge < -0.3 is 15.4 Å². The minimum Gasteiger partial charge on any atom is -0.381 e. The number of hydrogen-bond acceptors (Lipinski definition) is 3. The fourth-order valence-corrected chi connectivity index (χ4v) is 3.90. The van der Waals surface area contributed by atoms with E-state index in [0.29, 0.717) is 25.2 Å². The molecule has 2 rings (SSSR count). The molecule has 2 heterocycles. The van der Waals surface area contributed by atoms with Crippen LogP contribution in [0, 0.1) is 10.8 Å². The molecule has 2 fully saturated rings. The van der Waals surface area contributed by atoms with Crippen molar-refractivity contribution in [1.29, 1.82) is 0 Å². The highest BCUT2D eigenvalue weighted by atomic mass is 35.5. The minimum absolute atomic E-state index is 0. The molecule has 0 aromatic heterocycles. The highest BCUT2D eigenvalue weighted by Gasteiger charge is 2.43. The van der Waals surface area contributed by atoms with Crippen molar-refractivity contribution in [3.8, 4) is 0 Å². The van der Waals surface area contributed by atoms with E-state index in [0.717, 1.165) is 32.4 Å². The molecule has 21 heavy (non-hydrogen) atoms. The van der Waals surface area contributed by atoms with E-state index in [-0.39, 0.29) is 23.7 Å². The summed E-state index contributed by atoms with van der Waals surface area (Å²) in [5, 5.41) is 0. The van der Waals surface area contributed by atoms with E-state index in [1.54, 1.807) is 0 Å². The van der Waals surface area contributed by atoms with Crippen LogP contribution in [0.2, 0.25) is 0 Å². The molecule has 1 unspecified atom stereocenters. The van der Waals surface area contributed by atoms with E-state index in [2.05, 4.69) is 18.7 Å². The minimum atomic E-state index is -0.358. The van der Waals surface area contributed by atoms with Gasteiger partial charge in [-0.2, -0.15) is 0 Å². The lowest BCUT2D eigenvalue weighted by atomic mass is 9.75. The van der Waals surface area contributed by atoms with Crippen molar-refractivity contribution < 1.29 is 9.53 Å². The zero-order chi connectivity index (χ0) is 14.6. The first-order valence-electron chi connectivity index (χ1n) is 8.12. The van der Waals surface area contributed by atoms with Crippen molar-refractivity contribution >= 4 is 18.3 Å². The van der Waals surface area contributed by atoms with Gasteiger partial charge in [-0.3, -0.25) is 4.79 Å². The van der Waals surface area contributed by atoms with E-state index in [1.165, 1.54) is 19.3 Å². The number of piperidine rings is 1. The van der Waals surface area contributed by atoms with E-state index >= 15 is 0 Å². The number of carbonyl (C=O) groups excluding carboxylic acids is 1. The lowest BCUT2D eigenvalue weighted by molar-refractivity contribution is -0.150. The molecule has 1 amide bonds. The van der Waals surface area contributed by atoms with Crippen LogP contribution in [-0.2, 0) is 9.53 Å². The van der Waals surface area contributed by atoms with E-state index in [9.17, 15) is 4.79 Å². The molecule has 0 spiro atoms. The van der Waals surface area contributed by atoms with E-state index in [1.807, 2.05) is 0 Å². The van der Waals surface area contributed by atoms with Crippen molar-refractivity contribution in [2.45, 2.75) is 52.4 Å². The van der Waals surface area contributed by atoms with Gasteiger partial charge in [-0.05, 0) is 37.5 Å². The van der Waals surface area contributed by atoms with Crippen molar-refractivity contribution in [3.05, 3.63) is 0 Å². The Labute approximate surface area is 135 Å². The molecule has 2 aliphatic rings. The van der Waals surface area contributed by atoms with Crippen LogP contribution in [0.4, 0.5) is 0 Å². The van der Waals surface area contributed by atoms with Crippen molar-refractivity contribution in [2.24, 2.45) is 16.6 Å². The van der Waals surface area contributed by atoms with E-state index in [4.69, 9.17) is 10.5 Å².